The van der Waals surface area contributed by atoms with Crippen molar-refractivity contribution in [2.24, 2.45) is 0 Å². The average Bonchev–Trinajstić information content (AvgIpc) is 3.60. The van der Waals surface area contributed by atoms with E-state index in [-0.39, 0.29) is 11.9 Å². The summed E-state index contributed by atoms with van der Waals surface area (Å²) in [6, 6.07) is 25.6. The van der Waals surface area contributed by atoms with Gasteiger partial charge < -0.3 is 5.32 Å². The second-order valence-corrected chi connectivity index (χ2v) is 8.55. The van der Waals surface area contributed by atoms with Gasteiger partial charge in [0.05, 0.1) is 0 Å². The average molecular weight is 400 g/mol. The molecule has 0 unspecified atom stereocenters. The van der Waals surface area contributed by atoms with Crippen molar-refractivity contribution in [1.82, 2.24) is 15.1 Å². The quantitative estimate of drug-likeness (QED) is 0.681. The van der Waals surface area contributed by atoms with E-state index in [4.69, 9.17) is 0 Å². The van der Waals surface area contributed by atoms with E-state index in [2.05, 4.69) is 69.7 Å². The van der Waals surface area contributed by atoms with E-state index >= 15 is 0 Å². The Bertz CT molecular complexity index is 1000. The third-order valence-corrected chi connectivity index (χ3v) is 6.33. The molecule has 1 saturated carbocycles. The molecule has 0 spiro atoms. The summed E-state index contributed by atoms with van der Waals surface area (Å²) in [6.45, 7) is 4.72. The fraction of sp³-hybridized carbons (Fsp3) is 0.346. The molecule has 1 amide bonds. The number of fused-ring (bicyclic) bond motifs is 1. The molecule has 1 saturated heterocycles. The fourth-order valence-corrected chi connectivity index (χ4v) is 4.52. The van der Waals surface area contributed by atoms with E-state index < -0.39 is 0 Å². The molecular weight excluding hydrogens is 370 g/mol. The number of amides is 1. The molecule has 2 aliphatic rings. The molecule has 3 aromatic rings. The summed E-state index contributed by atoms with van der Waals surface area (Å²) < 4.78 is 0. The van der Waals surface area contributed by atoms with Crippen molar-refractivity contribution in [3.63, 3.8) is 0 Å². The first-order chi connectivity index (χ1) is 14.8. The van der Waals surface area contributed by atoms with Gasteiger partial charge in [0.2, 0.25) is 5.91 Å². The Labute approximate surface area is 178 Å². The Hall–Kier alpha value is -2.69. The van der Waals surface area contributed by atoms with Crippen LogP contribution in [0.2, 0.25) is 0 Å². The number of nitrogens with zero attached hydrogens (tertiary/aromatic N) is 2. The first-order valence-corrected chi connectivity index (χ1v) is 11.1. The molecule has 1 aliphatic heterocycles. The van der Waals surface area contributed by atoms with Crippen LogP contribution in [0.25, 0.3) is 10.8 Å². The van der Waals surface area contributed by atoms with Crippen LogP contribution in [0.4, 0.5) is 0 Å². The lowest BCUT2D eigenvalue weighted by Gasteiger charge is -2.39. The number of hydrogen-bond acceptors (Lipinski definition) is 3. The lowest BCUT2D eigenvalue weighted by atomic mass is 10.0. The third kappa shape index (κ3) is 4.25. The van der Waals surface area contributed by atoms with E-state index in [1.807, 2.05) is 18.2 Å². The van der Waals surface area contributed by atoms with Crippen molar-refractivity contribution < 1.29 is 4.79 Å². The van der Waals surface area contributed by atoms with Crippen molar-refractivity contribution >= 4 is 16.7 Å². The Morgan fingerprint density at radius 2 is 1.57 bits per heavy atom. The van der Waals surface area contributed by atoms with Crippen LogP contribution in [0, 0.1) is 0 Å². The maximum Gasteiger partial charge on any atom is 0.242 e. The van der Waals surface area contributed by atoms with Crippen molar-refractivity contribution in [3.05, 3.63) is 83.9 Å². The van der Waals surface area contributed by atoms with Gasteiger partial charge in [-0.05, 0) is 34.7 Å². The topological polar surface area (TPSA) is 35.6 Å². The van der Waals surface area contributed by atoms with Crippen molar-refractivity contribution in [2.45, 2.75) is 31.5 Å². The van der Waals surface area contributed by atoms with Gasteiger partial charge in [-0.3, -0.25) is 14.6 Å². The molecule has 1 N–H and O–H groups in total. The van der Waals surface area contributed by atoms with Gasteiger partial charge in [0.15, 0.2) is 0 Å². The Morgan fingerprint density at radius 1 is 0.867 bits per heavy atom. The van der Waals surface area contributed by atoms with Crippen LogP contribution in [0.15, 0.2) is 72.8 Å². The van der Waals surface area contributed by atoms with Crippen molar-refractivity contribution in [1.29, 1.82) is 0 Å². The minimum atomic E-state index is -0.188. The summed E-state index contributed by atoms with van der Waals surface area (Å²) in [4.78, 5) is 17.9. The molecule has 5 rings (SSSR count). The minimum absolute atomic E-state index is 0.159. The maximum absolute atomic E-state index is 13.0. The Kier molecular flexibility index (Phi) is 5.52. The monoisotopic (exact) mass is 399 g/mol. The predicted molar refractivity (Wildman–Crippen MR) is 121 cm³/mol. The molecule has 2 fully saturated rings. The molecule has 0 bridgehead atoms. The zero-order valence-electron chi connectivity index (χ0n) is 17.3. The van der Waals surface area contributed by atoms with Crippen LogP contribution >= 0.6 is 0 Å². The fourth-order valence-electron chi connectivity index (χ4n) is 4.52. The molecule has 1 aliphatic carbocycles. The van der Waals surface area contributed by atoms with Crippen LogP contribution in [0.1, 0.15) is 30.0 Å². The molecule has 3 aromatic carbocycles. The highest BCUT2D eigenvalue weighted by atomic mass is 16.2. The minimum Gasteiger partial charge on any atom is -0.352 e. The second-order valence-electron chi connectivity index (χ2n) is 8.55. The molecule has 0 aromatic heterocycles. The molecule has 154 valence electrons. The zero-order chi connectivity index (χ0) is 20.3. The lowest BCUT2D eigenvalue weighted by molar-refractivity contribution is -0.127. The predicted octanol–water partition coefficient (Wildman–Crippen LogP) is 3.98. The highest BCUT2D eigenvalue weighted by Crippen LogP contribution is 2.27. The van der Waals surface area contributed by atoms with Gasteiger partial charge in [-0.15, -0.1) is 0 Å². The van der Waals surface area contributed by atoms with Gasteiger partial charge in [0, 0.05) is 38.8 Å². The third-order valence-electron chi connectivity index (χ3n) is 6.33. The molecule has 4 heteroatoms. The second kappa shape index (κ2) is 8.58. The maximum atomic E-state index is 13.0. The SMILES string of the molecule is O=C(NC1CC1)[C@@H](c1ccccc1)N1CCN(Cc2cccc3ccccc23)CC1. The first-order valence-electron chi connectivity index (χ1n) is 11.1. The summed E-state index contributed by atoms with van der Waals surface area (Å²) in [5, 5.41) is 5.87. The summed E-state index contributed by atoms with van der Waals surface area (Å²) in [6.07, 6.45) is 2.23. The summed E-state index contributed by atoms with van der Waals surface area (Å²) in [7, 11) is 0. The Morgan fingerprint density at radius 3 is 2.33 bits per heavy atom. The van der Waals surface area contributed by atoms with Crippen molar-refractivity contribution in [3.8, 4) is 0 Å². The van der Waals surface area contributed by atoms with E-state index in [9.17, 15) is 4.79 Å². The van der Waals surface area contributed by atoms with Crippen LogP contribution in [0.3, 0.4) is 0 Å². The number of nitrogens with one attached hydrogen (secondary N) is 1. The number of carbonyl (C=O) groups is 1. The highest BCUT2D eigenvalue weighted by molar-refractivity contribution is 5.85. The van der Waals surface area contributed by atoms with Crippen LogP contribution in [0.5, 0.6) is 0 Å². The van der Waals surface area contributed by atoms with E-state index in [1.165, 1.54) is 16.3 Å². The van der Waals surface area contributed by atoms with Gasteiger partial charge in [-0.1, -0.05) is 72.8 Å². The highest BCUT2D eigenvalue weighted by Gasteiger charge is 2.33. The van der Waals surface area contributed by atoms with E-state index in [0.717, 1.165) is 51.1 Å². The summed E-state index contributed by atoms with van der Waals surface area (Å²) >= 11 is 0. The van der Waals surface area contributed by atoms with Gasteiger partial charge >= 0.3 is 0 Å². The molecular formula is C26H29N3O. The van der Waals surface area contributed by atoms with Crippen molar-refractivity contribution in [2.75, 3.05) is 26.2 Å². The number of carbonyl (C=O) groups excluding carboxylic acids is 1. The van der Waals surface area contributed by atoms with E-state index in [0.29, 0.717) is 6.04 Å². The Balaban J connectivity index is 1.28. The summed E-state index contributed by atoms with van der Waals surface area (Å²) in [5.74, 6) is 0.159. The summed E-state index contributed by atoms with van der Waals surface area (Å²) in [5.41, 5.74) is 2.48. The number of hydrogen-bond donors (Lipinski definition) is 1. The zero-order valence-corrected chi connectivity index (χ0v) is 17.3. The smallest absolute Gasteiger partial charge is 0.242 e. The molecule has 4 nitrogen and oxygen atoms in total. The standard InChI is InChI=1S/C26H29N3O/c30-26(27-23-13-14-23)25(21-8-2-1-3-9-21)29-17-15-28(16-18-29)19-22-11-6-10-20-7-4-5-12-24(20)22/h1-12,23,25H,13-19H2,(H,27,30)/t25-/m1/s1. The van der Waals surface area contributed by atoms with Crippen LogP contribution in [-0.4, -0.2) is 47.9 Å². The molecule has 1 heterocycles. The first kappa shape index (κ1) is 19.3. The largest absolute Gasteiger partial charge is 0.352 e. The van der Waals surface area contributed by atoms with E-state index in [1.54, 1.807) is 0 Å². The lowest BCUT2D eigenvalue weighted by Crippen LogP contribution is -2.51. The van der Waals surface area contributed by atoms with Crippen LogP contribution in [-0.2, 0) is 11.3 Å². The molecule has 1 atom stereocenters. The molecule has 0 radical (unpaired) electrons. The van der Waals surface area contributed by atoms with Crippen LogP contribution < -0.4 is 5.32 Å². The van der Waals surface area contributed by atoms with Gasteiger partial charge in [-0.2, -0.15) is 0 Å². The number of benzene rings is 3. The van der Waals surface area contributed by atoms with Gasteiger partial charge in [0.1, 0.15) is 6.04 Å². The normalized spacial score (nSPS) is 18.9. The number of rotatable bonds is 6. The van der Waals surface area contributed by atoms with Gasteiger partial charge in [0.25, 0.3) is 0 Å². The van der Waals surface area contributed by atoms with Gasteiger partial charge in [-0.25, -0.2) is 0 Å². The number of piperazine rings is 1. The molecule has 30 heavy (non-hydrogen) atoms.